The molecule has 0 atom stereocenters. The van der Waals surface area contributed by atoms with Crippen molar-refractivity contribution in [3.05, 3.63) is 0 Å². The number of hydrogen-bond donors (Lipinski definition) is 0. The van der Waals surface area contributed by atoms with E-state index in [9.17, 15) is 0 Å². The van der Waals surface area contributed by atoms with Crippen molar-refractivity contribution in [2.24, 2.45) is 0 Å². The minimum absolute atomic E-state index is 0. The Morgan fingerprint density at radius 2 is 0.375 bits per heavy atom. The van der Waals surface area contributed by atoms with Crippen LogP contribution in [0.4, 0.5) is 0 Å². The molecule has 0 aromatic heterocycles. The molecule has 0 saturated carbocycles. The van der Waals surface area contributed by atoms with Crippen LogP contribution >= 0.6 is 0 Å². The average Bonchev–Trinajstić information content (AvgIpc) is 1.94. The SMILES string of the molecule is O=[Si]([O-])[O-].O=[Si]([O-])[O-].O=[Si]([O-])[O-].O=[Si]([O-])[O-].O=[Si]([O-])[O-].[Al+3].[Bi+3].[Mg+2].[Mg+2]. The Morgan fingerprint density at radius 3 is 0.375 bits per heavy atom. The molecule has 0 aliphatic rings. The summed E-state index contributed by atoms with van der Waals surface area (Å²) in [6.07, 6.45) is 0. The van der Waals surface area contributed by atoms with Gasteiger partial charge in [-0.1, -0.05) is 0 Å². The normalized spacial score (nSPS) is 5.00. The molecule has 0 aliphatic carbocycles. The monoisotopic (exact) mass is 664 g/mol. The summed E-state index contributed by atoms with van der Waals surface area (Å²) < 4.78 is 42.6. The second-order valence-electron chi connectivity index (χ2n) is 1.25. The van der Waals surface area contributed by atoms with E-state index in [1.165, 1.54) is 0 Å². The van der Waals surface area contributed by atoms with E-state index < -0.39 is 45.9 Å². The molecular weight excluding hydrogens is 665 g/mol. The Bertz CT molecular complexity index is 223. The van der Waals surface area contributed by atoms with E-state index in [-0.39, 0.29) is 89.7 Å². The van der Waals surface area contributed by atoms with Crippen LogP contribution in [0.5, 0.6) is 0 Å². The van der Waals surface area contributed by atoms with Gasteiger partial charge in [-0.05, 0) is 0 Å². The summed E-state index contributed by atoms with van der Waals surface area (Å²) in [4.78, 5) is 85.2. The molecule has 0 spiro atoms. The molecule has 0 bridgehead atoms. The molecule has 122 valence electrons. The first-order valence-corrected chi connectivity index (χ1v) is 9.19. The Morgan fingerprint density at radius 1 is 0.375 bits per heavy atom. The molecule has 15 nitrogen and oxygen atoms in total. The Labute approximate surface area is 203 Å². The van der Waals surface area contributed by atoms with E-state index in [2.05, 4.69) is 0 Å². The molecule has 0 unspecified atom stereocenters. The van der Waals surface area contributed by atoms with Crippen molar-refractivity contribution in [2.45, 2.75) is 0 Å². The summed E-state index contributed by atoms with van der Waals surface area (Å²) in [5, 5.41) is 0. The van der Waals surface area contributed by atoms with Crippen LogP contribution in [0.3, 0.4) is 0 Å². The Hall–Kier alpha value is 1.03. The van der Waals surface area contributed by atoms with Gasteiger partial charge < -0.3 is 70.3 Å². The zero-order valence-corrected chi connectivity index (χ0v) is 23.5. The summed E-state index contributed by atoms with van der Waals surface area (Å²) in [5.74, 6) is 0. The van der Waals surface area contributed by atoms with Crippen molar-refractivity contribution in [1.29, 1.82) is 0 Å². The van der Waals surface area contributed by atoms with Gasteiger partial charge in [-0.15, -0.1) is 0 Å². The van der Waals surface area contributed by atoms with E-state index in [1.807, 2.05) is 0 Å². The van der Waals surface area contributed by atoms with E-state index in [1.54, 1.807) is 0 Å². The fourth-order valence-corrected chi connectivity index (χ4v) is 0. The standard InChI is InChI=1S/Al.Bi.2Mg.5O3Si/c;;;;5*1-4(2)3/q2*+3;2*+2;5*-2. The maximum absolute atomic E-state index is 8.52. The van der Waals surface area contributed by atoms with Gasteiger partial charge in [0.2, 0.25) is 0 Å². The summed E-state index contributed by atoms with van der Waals surface area (Å²) in [6.45, 7) is 0. The Balaban J connectivity index is -0.0000000161. The van der Waals surface area contributed by atoms with Crippen molar-refractivity contribution < 1.29 is 70.3 Å². The van der Waals surface area contributed by atoms with E-state index >= 15 is 0 Å². The van der Waals surface area contributed by atoms with Crippen LogP contribution in [-0.2, 0) is 22.3 Å². The van der Waals surface area contributed by atoms with Crippen molar-refractivity contribution in [3.8, 4) is 0 Å². The minimum Gasteiger partial charge on any atom is -0.672 e. The maximum atomic E-state index is 8.52. The predicted molar refractivity (Wildman–Crippen MR) is 55.2 cm³/mol. The molecule has 24 heavy (non-hydrogen) atoms. The zero-order valence-electron chi connectivity index (χ0n) is 11.1. The molecular formula is AlBiMg2O15Si5. The molecule has 2 radical (unpaired) electrons. The average molecular weight is 665 g/mol. The first kappa shape index (κ1) is 56.2. The van der Waals surface area contributed by atoms with Gasteiger partial charge in [0.1, 0.15) is 0 Å². The fourth-order valence-electron chi connectivity index (χ4n) is 0. The molecule has 0 heterocycles. The summed E-state index contributed by atoms with van der Waals surface area (Å²) in [5.41, 5.74) is 0. The van der Waals surface area contributed by atoms with Crippen LogP contribution in [0.1, 0.15) is 0 Å². The third kappa shape index (κ3) is 10500. The van der Waals surface area contributed by atoms with Crippen molar-refractivity contribution in [1.82, 2.24) is 0 Å². The largest absolute Gasteiger partial charge is 3.00 e. The van der Waals surface area contributed by atoms with Crippen LogP contribution in [-0.4, -0.2) is 136 Å². The summed E-state index contributed by atoms with van der Waals surface area (Å²) >= 11 is 0. The van der Waals surface area contributed by atoms with Gasteiger partial charge in [-0.3, -0.25) is 0 Å². The Kier molecular flexibility index (Phi) is 116. The first-order valence-electron chi connectivity index (χ1n) is 3.06. The van der Waals surface area contributed by atoms with Crippen molar-refractivity contribution in [2.75, 3.05) is 0 Å². The topological polar surface area (TPSA) is 316 Å². The van der Waals surface area contributed by atoms with Crippen LogP contribution in [0.25, 0.3) is 0 Å². The van der Waals surface area contributed by atoms with Crippen LogP contribution < -0.4 is 48.0 Å². The third-order valence-electron chi connectivity index (χ3n) is 0. The molecule has 0 amide bonds. The second kappa shape index (κ2) is 49.6. The minimum atomic E-state index is -3.63. The summed E-state index contributed by atoms with van der Waals surface area (Å²) in [6, 6.07) is 0. The molecule has 0 fully saturated rings. The van der Waals surface area contributed by atoms with Gasteiger partial charge >= 0.3 is 89.7 Å². The molecule has 0 aliphatic heterocycles. The zero-order chi connectivity index (χ0) is 17.9. The van der Waals surface area contributed by atoms with Crippen LogP contribution in [0.2, 0.25) is 0 Å². The van der Waals surface area contributed by atoms with E-state index in [4.69, 9.17) is 70.3 Å². The molecule has 0 aromatic rings. The van der Waals surface area contributed by atoms with Gasteiger partial charge in [0.15, 0.2) is 0 Å². The van der Waals surface area contributed by atoms with Crippen LogP contribution in [0, 0.1) is 0 Å². The number of hydrogen-bond acceptors (Lipinski definition) is 15. The maximum Gasteiger partial charge on any atom is 3.00 e. The molecule has 0 N–H and O–H groups in total. The molecule has 0 rings (SSSR count). The summed E-state index contributed by atoms with van der Waals surface area (Å²) in [7, 11) is -18.1. The van der Waals surface area contributed by atoms with Crippen molar-refractivity contribution in [3.63, 3.8) is 0 Å². The fraction of sp³-hybridized carbons (Fsp3) is 0. The van der Waals surface area contributed by atoms with Crippen molar-refractivity contribution >= 4 is 136 Å². The quantitative estimate of drug-likeness (QED) is 0.217. The van der Waals surface area contributed by atoms with Gasteiger partial charge in [-0.25, -0.2) is 0 Å². The number of rotatable bonds is 0. The second-order valence-corrected chi connectivity index (χ2v) is 3.75. The van der Waals surface area contributed by atoms with Gasteiger partial charge in [0.05, 0.1) is 0 Å². The first-order chi connectivity index (χ1) is 8.66. The predicted octanol–water partition coefficient (Wildman–Crippen LogP) is -15.9. The van der Waals surface area contributed by atoms with E-state index in [0.717, 1.165) is 0 Å². The third-order valence-corrected chi connectivity index (χ3v) is 0. The van der Waals surface area contributed by atoms with Gasteiger partial charge in [0, 0.05) is 45.9 Å². The molecule has 0 saturated heterocycles. The van der Waals surface area contributed by atoms with E-state index in [0.29, 0.717) is 0 Å². The van der Waals surface area contributed by atoms with Gasteiger partial charge in [0.25, 0.3) is 0 Å². The van der Waals surface area contributed by atoms with Gasteiger partial charge in [-0.2, -0.15) is 0 Å². The van der Waals surface area contributed by atoms with Crippen LogP contribution in [0.15, 0.2) is 0 Å². The molecule has 0 aromatic carbocycles. The molecule has 24 heteroatoms. The smallest absolute Gasteiger partial charge is 0.672 e.